The lowest BCUT2D eigenvalue weighted by Gasteiger charge is -2.35. The minimum absolute atomic E-state index is 0.0697. The number of rotatable bonds is 5. The second kappa shape index (κ2) is 10.3. The van der Waals surface area contributed by atoms with Crippen molar-refractivity contribution in [1.29, 1.82) is 0 Å². The number of carbonyl (C=O) groups is 3. The lowest BCUT2D eigenvalue weighted by Crippen LogP contribution is -2.43. The van der Waals surface area contributed by atoms with Crippen LogP contribution < -0.4 is 15.0 Å². The molecule has 1 aromatic heterocycles. The molecule has 2 saturated heterocycles. The number of halogens is 1. The number of likely N-dealkylation sites (tertiary alicyclic amines) is 1. The van der Waals surface area contributed by atoms with Gasteiger partial charge in [0.05, 0.1) is 9.83 Å². The van der Waals surface area contributed by atoms with E-state index < -0.39 is 6.09 Å². The monoisotopic (exact) mass is 533 g/mol. The highest BCUT2D eigenvalue weighted by molar-refractivity contribution is 9.11. The zero-order valence-corrected chi connectivity index (χ0v) is 21.2. The number of hydrogen-bond donors (Lipinski definition) is 1. The van der Waals surface area contributed by atoms with Gasteiger partial charge in [-0.15, -0.1) is 0 Å². The largest absolute Gasteiger partial charge is 0.413 e. The maximum absolute atomic E-state index is 13.2. The molecule has 2 fully saturated rings. The van der Waals surface area contributed by atoms with Crippen LogP contribution in [-0.4, -0.2) is 48.0 Å². The summed E-state index contributed by atoms with van der Waals surface area (Å²) < 4.78 is 6.15. The Bertz CT molecular complexity index is 1060. The third-order valence-electron chi connectivity index (χ3n) is 6.30. The first-order valence-corrected chi connectivity index (χ1v) is 12.9. The Balaban J connectivity index is 1.40. The molecule has 1 aromatic carbocycles. The molecule has 2 atom stereocenters. The molecular formula is C24H28BrN3O4S. The zero-order chi connectivity index (χ0) is 23.5. The van der Waals surface area contributed by atoms with Gasteiger partial charge in [0.15, 0.2) is 5.06 Å². The fraction of sp³-hybridized carbons (Fsp3) is 0.458. The van der Waals surface area contributed by atoms with Crippen molar-refractivity contribution >= 4 is 50.9 Å². The Hall–Kier alpha value is -2.39. The molecule has 3 amide bonds. The summed E-state index contributed by atoms with van der Waals surface area (Å²) in [5.74, 6) is 0.000531. The van der Waals surface area contributed by atoms with Gasteiger partial charge in [-0.05, 0) is 84.4 Å². The van der Waals surface area contributed by atoms with Gasteiger partial charge in [-0.25, -0.2) is 4.79 Å². The van der Waals surface area contributed by atoms with E-state index in [2.05, 4.69) is 28.2 Å². The van der Waals surface area contributed by atoms with Crippen LogP contribution in [0.5, 0.6) is 5.06 Å². The standard InChI is InChI=1S/C24H28BrN3O4S/c1-3-17-6-4-5-11-27(17)23(30)19-8-7-18(12-15(19)2)28-14-16(13-21(28)29)26-24(31)32-22-10-9-20(25)33-22/h7-10,12,16-17H,3-6,11,13-14H2,1-2H3,(H,26,31). The normalized spacial score (nSPS) is 20.8. The summed E-state index contributed by atoms with van der Waals surface area (Å²) in [6.45, 7) is 5.20. The summed E-state index contributed by atoms with van der Waals surface area (Å²) in [6, 6.07) is 9.01. The van der Waals surface area contributed by atoms with E-state index in [1.807, 2.05) is 30.0 Å². The van der Waals surface area contributed by atoms with Crippen LogP contribution in [0.25, 0.3) is 0 Å². The minimum Gasteiger partial charge on any atom is -0.399 e. The van der Waals surface area contributed by atoms with Gasteiger partial charge in [0.25, 0.3) is 5.91 Å². The van der Waals surface area contributed by atoms with Crippen molar-refractivity contribution in [2.45, 2.75) is 58.0 Å². The second-order valence-electron chi connectivity index (χ2n) is 8.55. The van der Waals surface area contributed by atoms with Crippen molar-refractivity contribution in [3.05, 3.63) is 45.2 Å². The molecule has 0 saturated carbocycles. The molecule has 9 heteroatoms. The number of carbonyl (C=O) groups excluding carboxylic acids is 3. The number of ether oxygens (including phenoxy) is 1. The fourth-order valence-electron chi connectivity index (χ4n) is 4.60. The molecule has 2 unspecified atom stereocenters. The molecule has 0 spiro atoms. The molecule has 0 aliphatic carbocycles. The first kappa shape index (κ1) is 23.8. The number of piperidine rings is 1. The van der Waals surface area contributed by atoms with Crippen LogP contribution in [-0.2, 0) is 4.79 Å². The van der Waals surface area contributed by atoms with Gasteiger partial charge in [0.1, 0.15) is 0 Å². The number of thiophene rings is 1. The van der Waals surface area contributed by atoms with E-state index in [0.717, 1.165) is 40.8 Å². The summed E-state index contributed by atoms with van der Waals surface area (Å²) in [4.78, 5) is 41.7. The maximum Gasteiger partial charge on any atom is 0.413 e. The Labute approximate surface area is 206 Å². The van der Waals surface area contributed by atoms with Gasteiger partial charge in [-0.3, -0.25) is 9.59 Å². The van der Waals surface area contributed by atoms with E-state index in [1.54, 1.807) is 17.0 Å². The highest BCUT2D eigenvalue weighted by Gasteiger charge is 2.33. The number of amides is 3. The van der Waals surface area contributed by atoms with Crippen molar-refractivity contribution in [2.75, 3.05) is 18.0 Å². The first-order chi connectivity index (χ1) is 15.9. The molecule has 2 aliphatic heterocycles. The van der Waals surface area contributed by atoms with Crippen LogP contribution in [0, 0.1) is 6.92 Å². The van der Waals surface area contributed by atoms with Gasteiger partial charge >= 0.3 is 6.09 Å². The number of aryl methyl sites for hydroxylation is 1. The molecular weight excluding hydrogens is 506 g/mol. The van der Waals surface area contributed by atoms with Crippen LogP contribution in [0.3, 0.4) is 0 Å². The Morgan fingerprint density at radius 2 is 2.06 bits per heavy atom. The lowest BCUT2D eigenvalue weighted by atomic mass is 9.97. The van der Waals surface area contributed by atoms with Crippen LogP contribution in [0.15, 0.2) is 34.1 Å². The predicted octanol–water partition coefficient (Wildman–Crippen LogP) is 5.12. The van der Waals surface area contributed by atoms with Gasteiger partial charge in [0.2, 0.25) is 5.91 Å². The van der Waals surface area contributed by atoms with Crippen molar-refractivity contribution in [1.82, 2.24) is 10.2 Å². The summed E-state index contributed by atoms with van der Waals surface area (Å²) in [5, 5.41) is 3.25. The average molecular weight is 534 g/mol. The van der Waals surface area contributed by atoms with Crippen molar-refractivity contribution in [2.24, 2.45) is 0 Å². The summed E-state index contributed by atoms with van der Waals surface area (Å²) >= 11 is 4.65. The van der Waals surface area contributed by atoms with E-state index in [-0.39, 0.29) is 24.3 Å². The van der Waals surface area contributed by atoms with Crippen LogP contribution in [0.2, 0.25) is 0 Å². The molecule has 2 aromatic rings. The van der Waals surface area contributed by atoms with Gasteiger partial charge in [0, 0.05) is 36.8 Å². The highest BCUT2D eigenvalue weighted by atomic mass is 79.9. The van der Waals surface area contributed by atoms with Crippen LogP contribution >= 0.6 is 27.3 Å². The number of benzene rings is 1. The van der Waals surface area contributed by atoms with E-state index in [1.165, 1.54) is 17.8 Å². The van der Waals surface area contributed by atoms with Crippen LogP contribution in [0.1, 0.15) is 54.9 Å². The molecule has 0 radical (unpaired) electrons. The lowest BCUT2D eigenvalue weighted by molar-refractivity contribution is -0.117. The SMILES string of the molecule is CCC1CCCCN1C(=O)c1ccc(N2CC(NC(=O)Oc3ccc(Br)s3)CC2=O)cc1C. The van der Waals surface area contributed by atoms with E-state index in [9.17, 15) is 14.4 Å². The van der Waals surface area contributed by atoms with Gasteiger partial charge < -0.3 is 19.9 Å². The average Bonchev–Trinajstić information content (AvgIpc) is 3.37. The van der Waals surface area contributed by atoms with E-state index >= 15 is 0 Å². The second-order valence-corrected chi connectivity index (χ2v) is 11.0. The Morgan fingerprint density at radius 3 is 2.76 bits per heavy atom. The summed E-state index contributed by atoms with van der Waals surface area (Å²) in [6.07, 6.45) is 3.86. The van der Waals surface area contributed by atoms with Gasteiger partial charge in [-0.1, -0.05) is 18.3 Å². The molecule has 3 heterocycles. The molecule has 176 valence electrons. The third kappa shape index (κ3) is 5.41. The van der Waals surface area contributed by atoms with E-state index in [4.69, 9.17) is 4.74 Å². The number of hydrogen-bond acceptors (Lipinski definition) is 5. The molecule has 0 bridgehead atoms. The zero-order valence-electron chi connectivity index (χ0n) is 18.8. The Kier molecular flexibility index (Phi) is 7.38. The number of nitrogens with zero attached hydrogens (tertiary/aromatic N) is 2. The Morgan fingerprint density at radius 1 is 1.24 bits per heavy atom. The molecule has 7 nitrogen and oxygen atoms in total. The van der Waals surface area contributed by atoms with Crippen molar-refractivity contribution in [3.63, 3.8) is 0 Å². The predicted molar refractivity (Wildman–Crippen MR) is 132 cm³/mol. The van der Waals surface area contributed by atoms with Crippen LogP contribution in [0.4, 0.5) is 10.5 Å². The summed E-state index contributed by atoms with van der Waals surface area (Å²) in [5.41, 5.74) is 2.27. The highest BCUT2D eigenvalue weighted by Crippen LogP contribution is 2.30. The third-order valence-corrected chi connectivity index (χ3v) is 7.80. The van der Waals surface area contributed by atoms with Gasteiger partial charge in [-0.2, -0.15) is 0 Å². The maximum atomic E-state index is 13.2. The van der Waals surface area contributed by atoms with E-state index in [0.29, 0.717) is 23.2 Å². The first-order valence-electron chi connectivity index (χ1n) is 11.3. The number of anilines is 1. The minimum atomic E-state index is -0.576. The molecule has 33 heavy (non-hydrogen) atoms. The smallest absolute Gasteiger partial charge is 0.399 e. The topological polar surface area (TPSA) is 79.0 Å². The fourth-order valence-corrected chi connectivity index (χ4v) is 5.79. The quantitative estimate of drug-likeness (QED) is 0.578. The van der Waals surface area contributed by atoms with Crippen molar-refractivity contribution in [3.8, 4) is 5.06 Å². The summed E-state index contributed by atoms with van der Waals surface area (Å²) in [7, 11) is 0. The van der Waals surface area contributed by atoms with Crippen molar-refractivity contribution < 1.29 is 19.1 Å². The molecule has 2 aliphatic rings. The molecule has 1 N–H and O–H groups in total. The molecule has 4 rings (SSSR count). The number of nitrogens with one attached hydrogen (secondary N) is 1.